The van der Waals surface area contributed by atoms with Crippen molar-refractivity contribution in [3.63, 3.8) is 0 Å². The van der Waals surface area contributed by atoms with Gasteiger partial charge < -0.3 is 4.74 Å². The summed E-state index contributed by atoms with van der Waals surface area (Å²) < 4.78 is 41.8. The quantitative estimate of drug-likeness (QED) is 0.375. The summed E-state index contributed by atoms with van der Waals surface area (Å²) in [4.78, 5) is 0.0558. The van der Waals surface area contributed by atoms with E-state index in [1.54, 1.807) is 0 Å². The molecular weight excluding hydrogens is 353 g/mol. The molecule has 0 unspecified atom stereocenters. The highest BCUT2D eigenvalue weighted by Crippen LogP contribution is 2.39. The van der Waals surface area contributed by atoms with Crippen LogP contribution < -0.4 is 4.74 Å². The van der Waals surface area contributed by atoms with Gasteiger partial charge in [0.2, 0.25) is 0 Å². The van der Waals surface area contributed by atoms with E-state index in [9.17, 15) is 13.2 Å². The van der Waals surface area contributed by atoms with Gasteiger partial charge >= 0.3 is 5.51 Å². The molecule has 0 saturated carbocycles. The van der Waals surface area contributed by atoms with Crippen LogP contribution in [0.5, 0.6) is 5.75 Å². The van der Waals surface area contributed by atoms with Gasteiger partial charge in [0.25, 0.3) is 0 Å². The third kappa shape index (κ3) is 6.20. The lowest BCUT2D eigenvalue weighted by molar-refractivity contribution is -0.0328. The summed E-state index contributed by atoms with van der Waals surface area (Å²) in [5.41, 5.74) is -4.30. The summed E-state index contributed by atoms with van der Waals surface area (Å²) in [6.45, 7) is 0.497. The molecule has 1 aromatic carbocycles. The first-order valence-corrected chi connectivity index (χ1v) is 7.48. The Morgan fingerprint density at radius 3 is 2.56 bits per heavy atom. The van der Waals surface area contributed by atoms with Crippen LogP contribution in [-0.2, 0) is 0 Å². The van der Waals surface area contributed by atoms with Crippen molar-refractivity contribution < 1.29 is 17.9 Å². The second-order valence-electron chi connectivity index (χ2n) is 3.38. The van der Waals surface area contributed by atoms with Crippen LogP contribution in [0.4, 0.5) is 13.2 Å². The molecule has 0 aliphatic heterocycles. The van der Waals surface area contributed by atoms with Gasteiger partial charge in [0, 0.05) is 10.2 Å². The maximum atomic E-state index is 12.1. The van der Waals surface area contributed by atoms with Gasteiger partial charge in [-0.25, -0.2) is 0 Å². The van der Waals surface area contributed by atoms with Crippen molar-refractivity contribution in [2.24, 2.45) is 0 Å². The maximum absolute atomic E-state index is 12.1. The van der Waals surface area contributed by atoms with E-state index in [-0.39, 0.29) is 21.7 Å². The third-order valence-corrected chi connectivity index (χ3v) is 3.50. The van der Waals surface area contributed by atoms with Crippen molar-refractivity contribution in [1.82, 2.24) is 0 Å². The topological polar surface area (TPSA) is 9.23 Å². The number of halogens is 5. The minimum atomic E-state index is -4.30. The molecule has 7 heteroatoms. The Kier molecular flexibility index (Phi) is 6.66. The smallest absolute Gasteiger partial charge is 0.446 e. The van der Waals surface area contributed by atoms with Crippen LogP contribution in [0.3, 0.4) is 0 Å². The van der Waals surface area contributed by atoms with Gasteiger partial charge in [-0.3, -0.25) is 0 Å². The van der Waals surface area contributed by atoms with E-state index in [0.29, 0.717) is 12.4 Å². The number of alkyl halides is 4. The molecule has 0 spiro atoms. The van der Waals surface area contributed by atoms with E-state index in [2.05, 4.69) is 15.9 Å². The molecule has 0 atom stereocenters. The monoisotopic (exact) mass is 362 g/mol. The highest BCUT2D eigenvalue weighted by molar-refractivity contribution is 9.09. The predicted octanol–water partition coefficient (Wildman–Crippen LogP) is 5.51. The molecule has 0 aliphatic carbocycles. The lowest BCUT2D eigenvalue weighted by Gasteiger charge is -2.10. The number of benzene rings is 1. The number of unbranched alkanes of at least 4 members (excludes halogenated alkanes) is 1. The fourth-order valence-corrected chi connectivity index (χ4v) is 2.45. The van der Waals surface area contributed by atoms with Crippen LogP contribution in [0, 0.1) is 0 Å². The molecule has 0 saturated heterocycles. The minimum absolute atomic E-state index is 0.0558. The Morgan fingerprint density at radius 2 is 2.00 bits per heavy atom. The maximum Gasteiger partial charge on any atom is 0.446 e. The zero-order chi connectivity index (χ0) is 13.6. The number of ether oxygens (including phenoxy) is 1. The number of hydrogen-bond donors (Lipinski definition) is 0. The molecule has 0 aliphatic rings. The van der Waals surface area contributed by atoms with Crippen LogP contribution in [0.25, 0.3) is 0 Å². The third-order valence-electron chi connectivity index (χ3n) is 1.92. The van der Waals surface area contributed by atoms with Gasteiger partial charge in [0.1, 0.15) is 5.75 Å². The molecule has 18 heavy (non-hydrogen) atoms. The fourth-order valence-electron chi connectivity index (χ4n) is 1.17. The van der Waals surface area contributed by atoms with Gasteiger partial charge in [-0.15, -0.1) is 0 Å². The van der Waals surface area contributed by atoms with Crippen LogP contribution in [0.1, 0.15) is 12.8 Å². The SMILES string of the molecule is FC(F)(F)Sc1ccc(OCCCCBr)c(Cl)c1. The Labute approximate surface area is 121 Å². The first kappa shape index (κ1) is 16.0. The lowest BCUT2D eigenvalue weighted by Crippen LogP contribution is -2.00. The molecule has 0 aromatic heterocycles. The second-order valence-corrected chi connectivity index (χ2v) is 5.72. The van der Waals surface area contributed by atoms with Gasteiger partial charge in [0.05, 0.1) is 11.6 Å². The summed E-state index contributed by atoms with van der Waals surface area (Å²) >= 11 is 8.96. The lowest BCUT2D eigenvalue weighted by atomic mass is 10.3. The van der Waals surface area contributed by atoms with Crippen LogP contribution in [-0.4, -0.2) is 17.4 Å². The highest BCUT2D eigenvalue weighted by Gasteiger charge is 2.29. The zero-order valence-electron chi connectivity index (χ0n) is 9.27. The summed E-state index contributed by atoms with van der Waals surface area (Å²) in [5.74, 6) is 0.415. The van der Waals surface area contributed by atoms with Gasteiger partial charge in [0.15, 0.2) is 0 Å². The van der Waals surface area contributed by atoms with E-state index < -0.39 is 5.51 Å². The number of thioether (sulfide) groups is 1. The molecular formula is C11H11BrClF3OS. The van der Waals surface area contributed by atoms with Crippen molar-refractivity contribution in [3.05, 3.63) is 23.2 Å². The molecule has 1 aromatic rings. The minimum Gasteiger partial charge on any atom is -0.492 e. The second kappa shape index (κ2) is 7.50. The Hall–Kier alpha value is -0.0700. The van der Waals surface area contributed by atoms with Crippen molar-refractivity contribution in [2.75, 3.05) is 11.9 Å². The van der Waals surface area contributed by atoms with Crippen LogP contribution in [0.15, 0.2) is 23.1 Å². The average molecular weight is 364 g/mol. The van der Waals surface area contributed by atoms with Gasteiger partial charge in [-0.1, -0.05) is 27.5 Å². The van der Waals surface area contributed by atoms with E-state index in [1.807, 2.05) is 0 Å². The fraction of sp³-hybridized carbons (Fsp3) is 0.455. The van der Waals surface area contributed by atoms with E-state index in [1.165, 1.54) is 18.2 Å². The first-order chi connectivity index (χ1) is 8.42. The Bertz CT molecular complexity index is 387. The molecule has 0 radical (unpaired) electrons. The van der Waals surface area contributed by atoms with Crippen LogP contribution >= 0.6 is 39.3 Å². The largest absolute Gasteiger partial charge is 0.492 e. The van der Waals surface area contributed by atoms with Crippen molar-refractivity contribution in [2.45, 2.75) is 23.2 Å². The Balaban J connectivity index is 2.57. The number of hydrogen-bond acceptors (Lipinski definition) is 2. The molecule has 0 bridgehead atoms. The standard InChI is InChI=1S/C11H11BrClF3OS/c12-5-1-2-6-17-10-4-3-8(7-9(10)13)18-11(14,15)16/h3-4,7H,1-2,5-6H2. The highest BCUT2D eigenvalue weighted by atomic mass is 79.9. The predicted molar refractivity (Wildman–Crippen MR) is 71.9 cm³/mol. The van der Waals surface area contributed by atoms with Crippen molar-refractivity contribution in [1.29, 1.82) is 0 Å². The normalized spacial score (nSPS) is 11.6. The van der Waals surface area contributed by atoms with Gasteiger partial charge in [-0.2, -0.15) is 13.2 Å². The summed E-state index contributed by atoms with van der Waals surface area (Å²) in [7, 11) is 0. The van der Waals surface area contributed by atoms with Gasteiger partial charge in [-0.05, 0) is 42.8 Å². The molecule has 0 fully saturated rings. The van der Waals surface area contributed by atoms with Crippen LogP contribution in [0.2, 0.25) is 5.02 Å². The van der Waals surface area contributed by atoms with E-state index in [4.69, 9.17) is 16.3 Å². The van der Waals surface area contributed by atoms with E-state index in [0.717, 1.165) is 18.2 Å². The first-order valence-electron chi connectivity index (χ1n) is 5.16. The van der Waals surface area contributed by atoms with Crippen molar-refractivity contribution >= 4 is 39.3 Å². The molecule has 1 nitrogen and oxygen atoms in total. The van der Waals surface area contributed by atoms with E-state index >= 15 is 0 Å². The summed E-state index contributed by atoms with van der Waals surface area (Å²) in [5, 5.41) is 1.09. The zero-order valence-corrected chi connectivity index (χ0v) is 12.4. The molecule has 0 N–H and O–H groups in total. The molecule has 1 rings (SSSR count). The Morgan fingerprint density at radius 1 is 1.28 bits per heavy atom. The average Bonchev–Trinajstić information content (AvgIpc) is 2.24. The van der Waals surface area contributed by atoms with Crippen molar-refractivity contribution in [3.8, 4) is 5.75 Å². The molecule has 0 amide bonds. The number of rotatable bonds is 6. The summed E-state index contributed by atoms with van der Waals surface area (Å²) in [6.07, 6.45) is 1.83. The molecule has 0 heterocycles. The summed E-state index contributed by atoms with van der Waals surface area (Å²) in [6, 6.07) is 4.08. The molecule has 102 valence electrons.